The highest BCUT2D eigenvalue weighted by Crippen LogP contribution is 2.29. The molecule has 2 heterocycles. The van der Waals surface area contributed by atoms with Crippen molar-refractivity contribution >= 4 is 18.2 Å². The molecule has 19 heavy (non-hydrogen) atoms. The predicted octanol–water partition coefficient (Wildman–Crippen LogP) is 3.15. The highest BCUT2D eigenvalue weighted by Gasteiger charge is 2.29. The number of hydrogen-bond donors (Lipinski definition) is 1. The molecule has 1 fully saturated rings. The Morgan fingerprint density at radius 3 is 2.79 bits per heavy atom. The molecule has 1 saturated heterocycles. The summed E-state index contributed by atoms with van der Waals surface area (Å²) in [4.78, 5) is 7.12. The highest BCUT2D eigenvalue weighted by molar-refractivity contribution is 5.85. The quantitative estimate of drug-likeness (QED) is 0.927. The first kappa shape index (κ1) is 16.3. The van der Waals surface area contributed by atoms with Gasteiger partial charge >= 0.3 is 0 Å². The highest BCUT2D eigenvalue weighted by atomic mass is 35.5. The first-order chi connectivity index (χ1) is 8.61. The lowest BCUT2D eigenvalue weighted by atomic mass is 9.85. The second kappa shape index (κ2) is 7.11. The van der Waals surface area contributed by atoms with Crippen LogP contribution < -0.4 is 10.6 Å². The van der Waals surface area contributed by atoms with Gasteiger partial charge in [-0.2, -0.15) is 0 Å². The number of piperidine rings is 1. The Balaban J connectivity index is 0.00000180. The summed E-state index contributed by atoms with van der Waals surface area (Å²) >= 11 is 0. The number of halogens is 1. The predicted molar refractivity (Wildman–Crippen MR) is 84.0 cm³/mol. The SMILES string of the molecule is CCC1CC(C(C)N)CCN1c1cccc(C)n1.Cl. The minimum atomic E-state index is 0. The average molecular weight is 284 g/mol. The lowest BCUT2D eigenvalue weighted by Crippen LogP contribution is -2.46. The molecule has 3 unspecified atom stereocenters. The van der Waals surface area contributed by atoms with Crippen LogP contribution in [0, 0.1) is 12.8 Å². The zero-order chi connectivity index (χ0) is 13.1. The monoisotopic (exact) mass is 283 g/mol. The third-order valence-corrected chi connectivity index (χ3v) is 4.14. The van der Waals surface area contributed by atoms with E-state index in [-0.39, 0.29) is 12.4 Å². The van der Waals surface area contributed by atoms with Crippen LogP contribution >= 0.6 is 12.4 Å². The Hall–Kier alpha value is -0.800. The molecule has 3 nitrogen and oxygen atoms in total. The number of anilines is 1. The van der Waals surface area contributed by atoms with Crippen molar-refractivity contribution in [1.82, 2.24) is 4.98 Å². The lowest BCUT2D eigenvalue weighted by molar-refractivity contribution is 0.298. The van der Waals surface area contributed by atoms with E-state index < -0.39 is 0 Å². The van der Waals surface area contributed by atoms with Crippen molar-refractivity contribution in [3.8, 4) is 0 Å². The number of pyridine rings is 1. The molecule has 0 bridgehead atoms. The molecule has 108 valence electrons. The molecule has 4 heteroatoms. The zero-order valence-corrected chi connectivity index (χ0v) is 13.0. The second-order valence-electron chi connectivity index (χ2n) is 5.54. The first-order valence-electron chi connectivity index (χ1n) is 7.07. The van der Waals surface area contributed by atoms with Crippen molar-refractivity contribution in [2.75, 3.05) is 11.4 Å². The first-order valence-corrected chi connectivity index (χ1v) is 7.07. The molecule has 0 aliphatic carbocycles. The fourth-order valence-electron chi connectivity index (χ4n) is 2.94. The van der Waals surface area contributed by atoms with Gasteiger partial charge in [-0.3, -0.25) is 0 Å². The maximum atomic E-state index is 6.06. The van der Waals surface area contributed by atoms with Gasteiger partial charge in [-0.15, -0.1) is 12.4 Å². The standard InChI is InChI=1S/C15H25N3.ClH/c1-4-14-10-13(12(3)16)8-9-18(14)15-7-5-6-11(2)17-15;/h5-7,12-14H,4,8-10,16H2,1-3H3;1H. The summed E-state index contributed by atoms with van der Waals surface area (Å²) in [7, 11) is 0. The maximum absolute atomic E-state index is 6.06. The van der Waals surface area contributed by atoms with E-state index in [2.05, 4.69) is 48.9 Å². The molecule has 0 aromatic carbocycles. The van der Waals surface area contributed by atoms with Crippen LogP contribution in [-0.4, -0.2) is 23.6 Å². The molecule has 0 amide bonds. The second-order valence-corrected chi connectivity index (χ2v) is 5.54. The van der Waals surface area contributed by atoms with Crippen LogP contribution in [0.1, 0.15) is 38.8 Å². The Kier molecular flexibility index (Phi) is 6.08. The Morgan fingerprint density at radius 2 is 2.21 bits per heavy atom. The molecule has 1 aromatic heterocycles. The smallest absolute Gasteiger partial charge is 0.129 e. The summed E-state index contributed by atoms with van der Waals surface area (Å²) in [5.74, 6) is 1.79. The van der Waals surface area contributed by atoms with E-state index in [1.54, 1.807) is 0 Å². The Labute approximate surface area is 123 Å². The molecule has 3 atom stereocenters. The van der Waals surface area contributed by atoms with Crippen LogP contribution in [0.2, 0.25) is 0 Å². The number of hydrogen-bond acceptors (Lipinski definition) is 3. The minimum Gasteiger partial charge on any atom is -0.354 e. The molecular weight excluding hydrogens is 258 g/mol. The van der Waals surface area contributed by atoms with Crippen molar-refractivity contribution in [2.45, 2.75) is 52.1 Å². The number of aromatic nitrogens is 1. The molecule has 0 saturated carbocycles. The van der Waals surface area contributed by atoms with Crippen LogP contribution in [-0.2, 0) is 0 Å². The molecule has 0 radical (unpaired) electrons. The zero-order valence-electron chi connectivity index (χ0n) is 12.2. The molecule has 1 aromatic rings. The summed E-state index contributed by atoms with van der Waals surface area (Å²) in [5, 5.41) is 0. The van der Waals surface area contributed by atoms with Gasteiger partial charge in [0.05, 0.1) is 0 Å². The largest absolute Gasteiger partial charge is 0.354 e. The van der Waals surface area contributed by atoms with Crippen molar-refractivity contribution < 1.29 is 0 Å². The average Bonchev–Trinajstić information content (AvgIpc) is 2.37. The minimum absolute atomic E-state index is 0. The number of rotatable bonds is 3. The van der Waals surface area contributed by atoms with Gasteiger partial charge in [0, 0.05) is 24.3 Å². The van der Waals surface area contributed by atoms with Gasteiger partial charge in [0.25, 0.3) is 0 Å². The van der Waals surface area contributed by atoms with E-state index in [0.29, 0.717) is 18.0 Å². The van der Waals surface area contributed by atoms with Crippen molar-refractivity contribution in [3.05, 3.63) is 23.9 Å². The maximum Gasteiger partial charge on any atom is 0.129 e. The summed E-state index contributed by atoms with van der Waals surface area (Å²) in [6.07, 6.45) is 3.55. The van der Waals surface area contributed by atoms with Crippen LogP contribution in [0.15, 0.2) is 18.2 Å². The molecule has 0 spiro atoms. The van der Waals surface area contributed by atoms with Gasteiger partial charge in [-0.05, 0) is 51.2 Å². The van der Waals surface area contributed by atoms with Gasteiger partial charge < -0.3 is 10.6 Å². The summed E-state index contributed by atoms with van der Waals surface area (Å²) < 4.78 is 0. The van der Waals surface area contributed by atoms with Crippen LogP contribution in [0.25, 0.3) is 0 Å². The summed E-state index contributed by atoms with van der Waals surface area (Å²) in [6, 6.07) is 7.18. The number of nitrogens with two attached hydrogens (primary N) is 1. The fourth-order valence-corrected chi connectivity index (χ4v) is 2.94. The summed E-state index contributed by atoms with van der Waals surface area (Å²) in [5.41, 5.74) is 7.15. The number of aryl methyl sites for hydroxylation is 1. The third kappa shape index (κ3) is 3.83. The van der Waals surface area contributed by atoms with E-state index in [1.165, 1.54) is 19.3 Å². The topological polar surface area (TPSA) is 42.1 Å². The Bertz CT molecular complexity index is 395. The van der Waals surface area contributed by atoms with Gasteiger partial charge in [0.1, 0.15) is 5.82 Å². The third-order valence-electron chi connectivity index (χ3n) is 4.14. The van der Waals surface area contributed by atoms with E-state index in [1.807, 2.05) is 0 Å². The van der Waals surface area contributed by atoms with Crippen LogP contribution in [0.4, 0.5) is 5.82 Å². The molecule has 2 N–H and O–H groups in total. The van der Waals surface area contributed by atoms with Gasteiger partial charge in [-0.25, -0.2) is 4.98 Å². The van der Waals surface area contributed by atoms with Crippen molar-refractivity contribution in [1.29, 1.82) is 0 Å². The van der Waals surface area contributed by atoms with Gasteiger partial charge in [-0.1, -0.05) is 13.0 Å². The van der Waals surface area contributed by atoms with E-state index in [0.717, 1.165) is 18.1 Å². The molecular formula is C15H26ClN3. The van der Waals surface area contributed by atoms with E-state index >= 15 is 0 Å². The summed E-state index contributed by atoms with van der Waals surface area (Å²) in [6.45, 7) is 7.54. The van der Waals surface area contributed by atoms with E-state index in [9.17, 15) is 0 Å². The Morgan fingerprint density at radius 1 is 1.47 bits per heavy atom. The van der Waals surface area contributed by atoms with E-state index in [4.69, 9.17) is 5.73 Å². The number of nitrogens with zero attached hydrogens (tertiary/aromatic N) is 2. The van der Waals surface area contributed by atoms with Crippen molar-refractivity contribution in [3.63, 3.8) is 0 Å². The fraction of sp³-hybridized carbons (Fsp3) is 0.667. The lowest BCUT2D eigenvalue weighted by Gasteiger charge is -2.41. The van der Waals surface area contributed by atoms with Gasteiger partial charge in [0.2, 0.25) is 0 Å². The molecule has 1 aliphatic rings. The van der Waals surface area contributed by atoms with Crippen molar-refractivity contribution in [2.24, 2.45) is 11.7 Å². The van der Waals surface area contributed by atoms with Crippen LogP contribution in [0.5, 0.6) is 0 Å². The van der Waals surface area contributed by atoms with Crippen LogP contribution in [0.3, 0.4) is 0 Å². The molecule has 1 aliphatic heterocycles. The molecule has 2 rings (SSSR count). The van der Waals surface area contributed by atoms with Gasteiger partial charge in [0.15, 0.2) is 0 Å². The normalized spacial score (nSPS) is 24.7.